The summed E-state index contributed by atoms with van der Waals surface area (Å²) in [5, 5.41) is 15.6. The van der Waals surface area contributed by atoms with Gasteiger partial charge in [-0.05, 0) is 42.2 Å². The van der Waals surface area contributed by atoms with Gasteiger partial charge in [0, 0.05) is 50.2 Å². The first kappa shape index (κ1) is 23.3. The van der Waals surface area contributed by atoms with Crippen LogP contribution in [-0.2, 0) is 6.42 Å². The Balaban J connectivity index is 1.23. The van der Waals surface area contributed by atoms with E-state index in [2.05, 4.69) is 45.3 Å². The topological polar surface area (TPSA) is 114 Å². The summed E-state index contributed by atoms with van der Waals surface area (Å²) in [6, 6.07) is 10.5. The van der Waals surface area contributed by atoms with E-state index < -0.39 is 0 Å². The highest BCUT2D eigenvalue weighted by Gasteiger charge is 2.40. The number of hydrogen-bond donors (Lipinski definition) is 2. The SMILES string of the molecule is CC(C)c1noc(N2CCC3(CCc4cc(-c5ccc(C(=O)NCCO)nc5)ccc4O3)CC2)n1. The number of rotatable bonds is 6. The molecule has 1 fully saturated rings. The van der Waals surface area contributed by atoms with Crippen molar-refractivity contribution in [1.82, 2.24) is 20.4 Å². The first-order valence-electron chi connectivity index (χ1n) is 12.2. The number of hydrogen-bond acceptors (Lipinski definition) is 8. The van der Waals surface area contributed by atoms with Gasteiger partial charge in [-0.15, -0.1) is 0 Å². The zero-order chi connectivity index (χ0) is 24.4. The Morgan fingerprint density at radius 2 is 1.97 bits per heavy atom. The molecule has 2 N–H and O–H groups in total. The Morgan fingerprint density at radius 1 is 1.17 bits per heavy atom. The lowest BCUT2D eigenvalue weighted by Crippen LogP contribution is -2.50. The van der Waals surface area contributed by atoms with Crippen molar-refractivity contribution in [2.45, 2.75) is 51.0 Å². The van der Waals surface area contributed by atoms with Crippen LogP contribution in [0.3, 0.4) is 0 Å². The predicted octanol–water partition coefficient (Wildman–Crippen LogP) is 3.34. The minimum absolute atomic E-state index is 0.0988. The molecule has 184 valence electrons. The van der Waals surface area contributed by atoms with Gasteiger partial charge >= 0.3 is 6.01 Å². The smallest absolute Gasteiger partial charge is 0.324 e. The van der Waals surface area contributed by atoms with E-state index in [9.17, 15) is 4.79 Å². The second kappa shape index (κ2) is 9.65. The number of benzene rings is 1. The summed E-state index contributed by atoms with van der Waals surface area (Å²) < 4.78 is 12.1. The lowest BCUT2D eigenvalue weighted by atomic mass is 9.82. The number of fused-ring (bicyclic) bond motifs is 1. The molecule has 9 heteroatoms. The number of aliphatic hydroxyl groups is 1. The molecule has 0 bridgehead atoms. The molecule has 2 aromatic heterocycles. The molecule has 0 aliphatic carbocycles. The Morgan fingerprint density at radius 3 is 2.66 bits per heavy atom. The number of ether oxygens (including phenoxy) is 1. The summed E-state index contributed by atoms with van der Waals surface area (Å²) in [4.78, 5) is 23.0. The molecule has 2 aliphatic heterocycles. The van der Waals surface area contributed by atoms with E-state index >= 15 is 0 Å². The van der Waals surface area contributed by atoms with Crippen molar-refractivity contribution < 1.29 is 19.2 Å². The van der Waals surface area contributed by atoms with Crippen molar-refractivity contribution in [3.8, 4) is 16.9 Å². The van der Waals surface area contributed by atoms with E-state index in [-0.39, 0.29) is 30.6 Å². The lowest BCUT2D eigenvalue weighted by molar-refractivity contribution is 0.0217. The van der Waals surface area contributed by atoms with Crippen LogP contribution in [0.15, 0.2) is 41.1 Å². The number of anilines is 1. The summed E-state index contributed by atoms with van der Waals surface area (Å²) in [7, 11) is 0. The molecule has 0 unspecified atom stereocenters. The number of carbonyl (C=O) groups is 1. The van der Waals surface area contributed by atoms with Gasteiger partial charge in [-0.1, -0.05) is 31.1 Å². The molecule has 5 rings (SSSR count). The second-order valence-corrected chi connectivity index (χ2v) is 9.60. The third kappa shape index (κ3) is 4.86. The number of aromatic nitrogens is 3. The van der Waals surface area contributed by atoms with Gasteiger partial charge in [0.15, 0.2) is 5.82 Å². The van der Waals surface area contributed by atoms with Gasteiger partial charge in [-0.2, -0.15) is 4.98 Å². The van der Waals surface area contributed by atoms with Gasteiger partial charge in [-0.3, -0.25) is 9.78 Å². The number of nitrogens with zero attached hydrogens (tertiary/aromatic N) is 4. The van der Waals surface area contributed by atoms with Crippen molar-refractivity contribution in [3.63, 3.8) is 0 Å². The number of piperidine rings is 1. The maximum absolute atomic E-state index is 12.0. The van der Waals surface area contributed by atoms with Gasteiger partial charge in [-0.25, -0.2) is 0 Å². The summed E-state index contributed by atoms with van der Waals surface area (Å²) in [5.41, 5.74) is 3.36. The maximum Gasteiger partial charge on any atom is 0.324 e. The van der Waals surface area contributed by atoms with Gasteiger partial charge in [0.25, 0.3) is 5.91 Å². The van der Waals surface area contributed by atoms with E-state index in [1.807, 2.05) is 18.2 Å². The van der Waals surface area contributed by atoms with Crippen LogP contribution in [0.4, 0.5) is 6.01 Å². The average molecular weight is 478 g/mol. The van der Waals surface area contributed by atoms with E-state index in [1.165, 1.54) is 5.56 Å². The van der Waals surface area contributed by atoms with Gasteiger partial charge in [0.2, 0.25) is 0 Å². The van der Waals surface area contributed by atoms with Crippen LogP contribution in [0.2, 0.25) is 0 Å². The highest BCUT2D eigenvalue weighted by Crippen LogP contribution is 2.41. The Hall–Kier alpha value is -3.46. The Labute approximate surface area is 204 Å². The van der Waals surface area contributed by atoms with Crippen LogP contribution in [-0.4, -0.2) is 58.0 Å². The van der Waals surface area contributed by atoms with E-state index in [0.29, 0.717) is 11.7 Å². The Bertz CT molecular complexity index is 1180. The minimum Gasteiger partial charge on any atom is -0.487 e. The largest absolute Gasteiger partial charge is 0.487 e. The molecule has 1 aromatic carbocycles. The monoisotopic (exact) mass is 477 g/mol. The minimum atomic E-state index is -0.291. The van der Waals surface area contributed by atoms with Crippen molar-refractivity contribution in [2.24, 2.45) is 0 Å². The standard InChI is InChI=1S/C26H31N5O4/c1-17(2)23-29-25(35-30-23)31-12-9-26(10-13-31)8-7-19-15-18(4-6-22(19)34-26)20-3-5-21(28-16-20)24(33)27-11-14-32/h3-6,15-17,32H,7-14H2,1-2H3,(H,27,33). The molecule has 0 saturated carbocycles. The average Bonchev–Trinajstić information content (AvgIpc) is 3.38. The quantitative estimate of drug-likeness (QED) is 0.556. The highest BCUT2D eigenvalue weighted by atomic mass is 16.5. The zero-order valence-corrected chi connectivity index (χ0v) is 20.2. The number of nitrogens with one attached hydrogen (secondary N) is 1. The molecule has 4 heterocycles. The van der Waals surface area contributed by atoms with Crippen LogP contribution in [0.25, 0.3) is 11.1 Å². The number of carbonyl (C=O) groups excluding carboxylic acids is 1. The molecule has 1 saturated heterocycles. The first-order valence-corrected chi connectivity index (χ1v) is 12.2. The molecule has 2 aliphatic rings. The zero-order valence-electron chi connectivity index (χ0n) is 20.2. The summed E-state index contributed by atoms with van der Waals surface area (Å²) in [6.45, 7) is 5.89. The highest BCUT2D eigenvalue weighted by molar-refractivity contribution is 5.92. The van der Waals surface area contributed by atoms with E-state index in [0.717, 1.165) is 61.5 Å². The molecule has 0 radical (unpaired) electrons. The lowest BCUT2D eigenvalue weighted by Gasteiger charge is -2.44. The molecule has 1 spiro atoms. The predicted molar refractivity (Wildman–Crippen MR) is 131 cm³/mol. The van der Waals surface area contributed by atoms with Crippen molar-refractivity contribution >= 4 is 11.9 Å². The molecule has 35 heavy (non-hydrogen) atoms. The van der Waals surface area contributed by atoms with Crippen molar-refractivity contribution in [3.05, 3.63) is 53.6 Å². The molecular formula is C26H31N5O4. The van der Waals surface area contributed by atoms with Crippen LogP contribution < -0.4 is 15.0 Å². The number of amides is 1. The van der Waals surface area contributed by atoms with Crippen LogP contribution in [0.5, 0.6) is 5.75 Å². The number of pyridine rings is 1. The van der Waals surface area contributed by atoms with E-state index in [1.54, 1.807) is 12.3 Å². The van der Waals surface area contributed by atoms with Gasteiger partial charge in [0.05, 0.1) is 6.61 Å². The van der Waals surface area contributed by atoms with Gasteiger partial charge < -0.3 is 24.6 Å². The third-order valence-corrected chi connectivity index (χ3v) is 6.86. The normalized spacial score (nSPS) is 16.7. The molecule has 9 nitrogen and oxygen atoms in total. The van der Waals surface area contributed by atoms with Crippen LogP contribution in [0, 0.1) is 0 Å². The number of aliphatic hydroxyl groups excluding tert-OH is 1. The summed E-state index contributed by atoms with van der Waals surface area (Å²) in [5.74, 6) is 1.65. The van der Waals surface area contributed by atoms with Crippen LogP contribution in [0.1, 0.15) is 60.9 Å². The molecule has 0 atom stereocenters. The molecule has 3 aromatic rings. The van der Waals surface area contributed by atoms with Crippen molar-refractivity contribution in [2.75, 3.05) is 31.1 Å². The number of aryl methyl sites for hydroxylation is 1. The molecule has 1 amide bonds. The Kier molecular flexibility index (Phi) is 6.42. The third-order valence-electron chi connectivity index (χ3n) is 6.86. The maximum atomic E-state index is 12.0. The van der Waals surface area contributed by atoms with Crippen molar-refractivity contribution in [1.29, 1.82) is 0 Å². The van der Waals surface area contributed by atoms with E-state index in [4.69, 9.17) is 14.4 Å². The summed E-state index contributed by atoms with van der Waals surface area (Å²) in [6.07, 6.45) is 5.46. The fraction of sp³-hybridized carbons (Fsp3) is 0.462. The molecular weight excluding hydrogens is 446 g/mol. The fourth-order valence-electron chi connectivity index (χ4n) is 4.71. The van der Waals surface area contributed by atoms with Gasteiger partial charge in [0.1, 0.15) is 17.0 Å². The van der Waals surface area contributed by atoms with Crippen LogP contribution >= 0.6 is 0 Å². The second-order valence-electron chi connectivity index (χ2n) is 9.60. The first-order chi connectivity index (χ1) is 17.0. The summed E-state index contributed by atoms with van der Waals surface area (Å²) >= 11 is 0. The fourth-order valence-corrected chi connectivity index (χ4v) is 4.71.